The van der Waals surface area contributed by atoms with Crippen LogP contribution in [-0.2, 0) is 4.79 Å². The van der Waals surface area contributed by atoms with E-state index in [0.717, 1.165) is 18.7 Å². The first-order chi connectivity index (χ1) is 9.58. The zero-order chi connectivity index (χ0) is 14.5. The molecule has 1 aliphatic rings. The number of carbonyl (C=O) groups is 1. The first-order valence-corrected chi connectivity index (χ1v) is 6.96. The lowest BCUT2D eigenvalue weighted by Crippen LogP contribution is -2.49. The van der Waals surface area contributed by atoms with Gasteiger partial charge in [0.15, 0.2) is 0 Å². The lowest BCUT2D eigenvalue weighted by atomic mass is 10.2. The highest BCUT2D eigenvalue weighted by Gasteiger charge is 2.20. The molecule has 0 atom stereocenters. The number of ether oxygens (including phenoxy) is 1. The Morgan fingerprint density at radius 1 is 1.40 bits per heavy atom. The minimum absolute atomic E-state index is 0.153. The number of nitrogens with two attached hydrogens (primary N) is 1. The molecule has 0 spiro atoms. The zero-order valence-corrected chi connectivity index (χ0v) is 12.4. The maximum atomic E-state index is 11.6. The summed E-state index contributed by atoms with van der Waals surface area (Å²) < 4.78 is 5.73. The van der Waals surface area contributed by atoms with E-state index < -0.39 is 0 Å². The Labute approximate surface area is 124 Å². The normalized spacial score (nSPS) is 16.2. The second kappa shape index (κ2) is 6.67. The second-order valence-electron chi connectivity index (χ2n) is 4.80. The van der Waals surface area contributed by atoms with E-state index in [4.69, 9.17) is 22.7 Å². The van der Waals surface area contributed by atoms with E-state index in [0.29, 0.717) is 30.4 Å². The quantitative estimate of drug-likeness (QED) is 0.800. The maximum Gasteiger partial charge on any atom is 0.236 e. The number of nitrogens with zero attached hydrogens (tertiary/aromatic N) is 2. The summed E-state index contributed by atoms with van der Waals surface area (Å²) >= 11 is 4.99. The van der Waals surface area contributed by atoms with E-state index in [-0.39, 0.29) is 5.91 Å². The lowest BCUT2D eigenvalue weighted by molar-refractivity contribution is -0.134. The summed E-state index contributed by atoms with van der Waals surface area (Å²) in [5.41, 5.74) is 6.40. The number of rotatable bonds is 5. The van der Waals surface area contributed by atoms with Crippen LogP contribution in [0.15, 0.2) is 24.3 Å². The van der Waals surface area contributed by atoms with Crippen LogP contribution in [0.4, 0.5) is 0 Å². The highest BCUT2D eigenvalue weighted by Crippen LogP contribution is 2.17. The maximum absolute atomic E-state index is 11.6. The van der Waals surface area contributed by atoms with Crippen LogP contribution in [0.3, 0.4) is 0 Å². The molecule has 1 fully saturated rings. The van der Waals surface area contributed by atoms with Crippen LogP contribution in [0, 0.1) is 0 Å². The van der Waals surface area contributed by atoms with Crippen LogP contribution >= 0.6 is 12.2 Å². The number of likely N-dealkylation sites (N-methyl/N-ethyl adjacent to an activating group) is 1. The Morgan fingerprint density at radius 3 is 2.85 bits per heavy atom. The molecule has 1 aromatic carbocycles. The number of benzene rings is 1. The monoisotopic (exact) mass is 293 g/mol. The summed E-state index contributed by atoms with van der Waals surface area (Å²) in [6.07, 6.45) is 0. The number of carbonyl (C=O) groups excluding carboxylic acids is 1. The summed E-state index contributed by atoms with van der Waals surface area (Å²) in [5.74, 6) is 0.847. The Bertz CT molecular complexity index is 507. The summed E-state index contributed by atoms with van der Waals surface area (Å²) in [7, 11) is 1.83. The molecule has 1 aromatic rings. The lowest BCUT2D eigenvalue weighted by Gasteiger charge is -2.31. The predicted octanol–water partition coefficient (Wildman–Crippen LogP) is 0.474. The van der Waals surface area contributed by atoms with Crippen LogP contribution in [-0.4, -0.2) is 60.5 Å². The number of amides is 1. The van der Waals surface area contributed by atoms with Crippen molar-refractivity contribution in [2.45, 2.75) is 0 Å². The fourth-order valence-corrected chi connectivity index (χ4v) is 2.25. The van der Waals surface area contributed by atoms with Crippen molar-refractivity contribution in [2.75, 3.05) is 39.8 Å². The van der Waals surface area contributed by atoms with E-state index in [1.54, 1.807) is 4.90 Å². The Morgan fingerprint density at radius 2 is 2.15 bits per heavy atom. The third-order valence-electron chi connectivity index (χ3n) is 3.35. The van der Waals surface area contributed by atoms with Crippen molar-refractivity contribution in [3.05, 3.63) is 29.8 Å². The number of hydrogen-bond donors (Lipinski definition) is 1. The van der Waals surface area contributed by atoms with Gasteiger partial charge in [0.1, 0.15) is 17.3 Å². The van der Waals surface area contributed by atoms with Crippen LogP contribution in [0.5, 0.6) is 5.75 Å². The van der Waals surface area contributed by atoms with Gasteiger partial charge in [-0.2, -0.15) is 0 Å². The first kappa shape index (κ1) is 14.7. The molecule has 1 amide bonds. The van der Waals surface area contributed by atoms with Crippen molar-refractivity contribution in [3.63, 3.8) is 0 Å². The highest BCUT2D eigenvalue weighted by atomic mass is 32.1. The molecule has 108 valence electrons. The van der Waals surface area contributed by atoms with Crippen molar-refractivity contribution >= 4 is 23.1 Å². The van der Waals surface area contributed by atoms with E-state index in [1.807, 2.05) is 31.3 Å². The SMILES string of the molecule is CN1CCN(CCOc2ccccc2C(N)=S)CC1=O. The molecule has 20 heavy (non-hydrogen) atoms. The van der Waals surface area contributed by atoms with E-state index in [1.165, 1.54) is 0 Å². The Balaban J connectivity index is 1.85. The molecule has 6 heteroatoms. The Hall–Kier alpha value is -1.66. The van der Waals surface area contributed by atoms with Crippen LogP contribution in [0.1, 0.15) is 5.56 Å². The minimum Gasteiger partial charge on any atom is -0.492 e. The van der Waals surface area contributed by atoms with E-state index in [2.05, 4.69) is 4.90 Å². The van der Waals surface area contributed by atoms with Crippen molar-refractivity contribution in [3.8, 4) is 5.75 Å². The summed E-state index contributed by atoms with van der Waals surface area (Å²) in [6.45, 7) is 3.32. The smallest absolute Gasteiger partial charge is 0.236 e. The number of thiocarbonyl (C=S) groups is 1. The van der Waals surface area contributed by atoms with E-state index in [9.17, 15) is 4.79 Å². The van der Waals surface area contributed by atoms with Crippen LogP contribution < -0.4 is 10.5 Å². The molecule has 0 aliphatic carbocycles. The standard InChI is InChI=1S/C14H19N3O2S/c1-16-6-7-17(10-13(16)18)8-9-19-12-5-3-2-4-11(12)14(15)20/h2-5H,6-10H2,1H3,(H2,15,20). The van der Waals surface area contributed by atoms with Gasteiger partial charge in [-0.3, -0.25) is 9.69 Å². The average Bonchev–Trinajstić information content (AvgIpc) is 2.43. The van der Waals surface area contributed by atoms with Gasteiger partial charge in [-0.1, -0.05) is 24.4 Å². The van der Waals surface area contributed by atoms with Gasteiger partial charge in [0, 0.05) is 26.7 Å². The summed E-state index contributed by atoms with van der Waals surface area (Å²) in [5, 5.41) is 0. The predicted molar refractivity (Wildman–Crippen MR) is 81.9 cm³/mol. The topological polar surface area (TPSA) is 58.8 Å². The third-order valence-corrected chi connectivity index (χ3v) is 3.57. The molecule has 5 nitrogen and oxygen atoms in total. The fourth-order valence-electron chi connectivity index (χ4n) is 2.08. The molecule has 0 bridgehead atoms. The first-order valence-electron chi connectivity index (χ1n) is 6.56. The van der Waals surface area contributed by atoms with Gasteiger partial charge >= 0.3 is 0 Å². The van der Waals surface area contributed by atoms with Crippen molar-refractivity contribution in [1.82, 2.24) is 9.80 Å². The fraction of sp³-hybridized carbons (Fsp3) is 0.429. The minimum atomic E-state index is 0.153. The molecule has 0 saturated carbocycles. The van der Waals surface area contributed by atoms with Crippen LogP contribution in [0.25, 0.3) is 0 Å². The molecule has 0 radical (unpaired) electrons. The third kappa shape index (κ3) is 3.68. The van der Waals surface area contributed by atoms with Gasteiger partial charge in [-0.15, -0.1) is 0 Å². The van der Waals surface area contributed by atoms with Gasteiger partial charge in [0.2, 0.25) is 5.91 Å². The number of para-hydroxylation sites is 1. The van der Waals surface area contributed by atoms with E-state index >= 15 is 0 Å². The largest absolute Gasteiger partial charge is 0.492 e. The molecule has 2 rings (SSSR count). The molecule has 0 unspecified atom stereocenters. The van der Waals surface area contributed by atoms with Crippen LogP contribution in [0.2, 0.25) is 0 Å². The number of piperazine rings is 1. The van der Waals surface area contributed by atoms with Gasteiger partial charge in [0.05, 0.1) is 12.1 Å². The van der Waals surface area contributed by atoms with Gasteiger partial charge in [-0.05, 0) is 12.1 Å². The highest BCUT2D eigenvalue weighted by molar-refractivity contribution is 7.80. The van der Waals surface area contributed by atoms with Crippen molar-refractivity contribution < 1.29 is 9.53 Å². The van der Waals surface area contributed by atoms with Gasteiger partial charge in [-0.25, -0.2) is 0 Å². The second-order valence-corrected chi connectivity index (χ2v) is 5.24. The van der Waals surface area contributed by atoms with Gasteiger partial charge < -0.3 is 15.4 Å². The van der Waals surface area contributed by atoms with Crippen molar-refractivity contribution in [1.29, 1.82) is 0 Å². The average molecular weight is 293 g/mol. The molecule has 2 N–H and O–H groups in total. The molecule has 1 heterocycles. The van der Waals surface area contributed by atoms with Gasteiger partial charge in [0.25, 0.3) is 0 Å². The molecule has 1 aliphatic heterocycles. The molecular weight excluding hydrogens is 274 g/mol. The molecule has 0 aromatic heterocycles. The molecule has 1 saturated heterocycles. The van der Waals surface area contributed by atoms with Crippen molar-refractivity contribution in [2.24, 2.45) is 5.73 Å². The summed E-state index contributed by atoms with van der Waals surface area (Å²) in [4.78, 5) is 15.8. The summed E-state index contributed by atoms with van der Waals surface area (Å²) in [6, 6.07) is 7.46. The Kier molecular flexibility index (Phi) is 4.92. The zero-order valence-electron chi connectivity index (χ0n) is 11.5. The molecular formula is C14H19N3O2S. The number of hydrogen-bond acceptors (Lipinski definition) is 4.